The maximum Gasteiger partial charge on any atom is 0.0997 e. The van der Waals surface area contributed by atoms with Crippen LogP contribution in [0.3, 0.4) is 0 Å². The zero-order chi connectivity index (χ0) is 14.2. The highest BCUT2D eigenvalue weighted by molar-refractivity contribution is 5.80. The van der Waals surface area contributed by atoms with Gasteiger partial charge in [0.25, 0.3) is 0 Å². The Morgan fingerprint density at radius 3 is 2.95 bits per heavy atom. The number of fused-ring (bicyclic) bond motifs is 1. The summed E-state index contributed by atoms with van der Waals surface area (Å²) >= 11 is 0. The lowest BCUT2D eigenvalue weighted by Gasteiger charge is -2.12. The van der Waals surface area contributed by atoms with Gasteiger partial charge in [0.1, 0.15) is 0 Å². The SMILES string of the molecule is Cc1cccc(-n2cncc2-c2cccc3c2NCC3)c1. The molecule has 1 aliphatic rings. The Kier molecular flexibility index (Phi) is 2.78. The van der Waals surface area contributed by atoms with Crippen molar-refractivity contribution in [2.45, 2.75) is 13.3 Å². The van der Waals surface area contributed by atoms with Crippen LogP contribution in [0.5, 0.6) is 0 Å². The third-order valence-electron chi connectivity index (χ3n) is 4.04. The van der Waals surface area contributed by atoms with Crippen molar-refractivity contribution in [3.8, 4) is 16.9 Å². The quantitative estimate of drug-likeness (QED) is 0.770. The molecule has 0 atom stereocenters. The smallest absolute Gasteiger partial charge is 0.0997 e. The van der Waals surface area contributed by atoms with Crippen LogP contribution in [0, 0.1) is 6.92 Å². The fourth-order valence-electron chi connectivity index (χ4n) is 3.03. The number of benzene rings is 2. The highest BCUT2D eigenvalue weighted by Gasteiger charge is 2.17. The lowest BCUT2D eigenvalue weighted by Crippen LogP contribution is -1.98. The van der Waals surface area contributed by atoms with E-state index in [4.69, 9.17) is 0 Å². The fraction of sp³-hybridized carbons (Fsp3) is 0.167. The van der Waals surface area contributed by atoms with Crippen molar-refractivity contribution < 1.29 is 0 Å². The Hall–Kier alpha value is -2.55. The van der Waals surface area contributed by atoms with E-state index in [-0.39, 0.29) is 0 Å². The zero-order valence-electron chi connectivity index (χ0n) is 12.0. The van der Waals surface area contributed by atoms with Gasteiger partial charge in [-0.05, 0) is 36.6 Å². The minimum absolute atomic E-state index is 1.02. The first kappa shape index (κ1) is 12.2. The summed E-state index contributed by atoms with van der Waals surface area (Å²) in [6.07, 6.45) is 4.93. The van der Waals surface area contributed by atoms with Gasteiger partial charge in [-0.15, -0.1) is 0 Å². The van der Waals surface area contributed by atoms with Gasteiger partial charge in [0, 0.05) is 23.5 Å². The van der Waals surface area contributed by atoms with Crippen LogP contribution in [0.1, 0.15) is 11.1 Å². The van der Waals surface area contributed by atoms with Crippen molar-refractivity contribution in [1.29, 1.82) is 0 Å². The number of nitrogens with one attached hydrogen (secondary N) is 1. The van der Waals surface area contributed by atoms with Crippen molar-refractivity contribution in [3.05, 3.63) is 66.1 Å². The number of rotatable bonds is 2. The predicted molar refractivity (Wildman–Crippen MR) is 85.9 cm³/mol. The highest BCUT2D eigenvalue weighted by Crippen LogP contribution is 2.35. The molecule has 1 N–H and O–H groups in total. The third-order valence-corrected chi connectivity index (χ3v) is 4.04. The van der Waals surface area contributed by atoms with Gasteiger partial charge < -0.3 is 5.32 Å². The van der Waals surface area contributed by atoms with E-state index in [1.54, 1.807) is 0 Å². The summed E-state index contributed by atoms with van der Waals surface area (Å²) in [6.45, 7) is 3.13. The molecule has 0 spiro atoms. The Labute approximate surface area is 124 Å². The van der Waals surface area contributed by atoms with E-state index in [2.05, 4.69) is 64.3 Å². The molecule has 104 valence electrons. The number of para-hydroxylation sites is 1. The molecule has 0 fully saturated rings. The van der Waals surface area contributed by atoms with Crippen LogP contribution >= 0.6 is 0 Å². The average molecular weight is 275 g/mol. The van der Waals surface area contributed by atoms with Crippen LogP contribution in [-0.4, -0.2) is 16.1 Å². The molecule has 2 heterocycles. The molecular weight excluding hydrogens is 258 g/mol. The molecule has 1 aliphatic heterocycles. The lowest BCUT2D eigenvalue weighted by molar-refractivity contribution is 1.06. The van der Waals surface area contributed by atoms with E-state index in [0.717, 1.165) is 24.3 Å². The predicted octanol–water partition coefficient (Wildman–Crippen LogP) is 3.82. The van der Waals surface area contributed by atoms with E-state index in [0.29, 0.717) is 0 Å². The molecule has 2 aromatic carbocycles. The van der Waals surface area contributed by atoms with Crippen LogP contribution < -0.4 is 5.32 Å². The number of nitrogens with zero attached hydrogens (tertiary/aromatic N) is 2. The van der Waals surface area contributed by atoms with Gasteiger partial charge in [0.2, 0.25) is 0 Å². The minimum atomic E-state index is 1.02. The van der Waals surface area contributed by atoms with Gasteiger partial charge in [0.05, 0.1) is 18.2 Å². The molecule has 0 bridgehead atoms. The van der Waals surface area contributed by atoms with Crippen LogP contribution in [0.25, 0.3) is 16.9 Å². The second-order valence-electron chi connectivity index (χ2n) is 5.50. The van der Waals surface area contributed by atoms with E-state index < -0.39 is 0 Å². The van der Waals surface area contributed by atoms with Crippen LogP contribution in [0.2, 0.25) is 0 Å². The first-order valence-corrected chi connectivity index (χ1v) is 7.28. The molecule has 3 aromatic rings. The largest absolute Gasteiger partial charge is 0.384 e. The Bertz CT molecular complexity index is 802. The van der Waals surface area contributed by atoms with Gasteiger partial charge >= 0.3 is 0 Å². The molecule has 21 heavy (non-hydrogen) atoms. The number of anilines is 1. The maximum absolute atomic E-state index is 4.37. The normalized spacial score (nSPS) is 13.0. The molecule has 1 aromatic heterocycles. The monoisotopic (exact) mass is 275 g/mol. The standard InChI is InChI=1S/C18H17N3/c1-13-4-2-6-15(10-13)21-12-19-11-17(21)16-7-3-5-14-8-9-20-18(14)16/h2-7,10-12,20H,8-9H2,1H3. The second-order valence-corrected chi connectivity index (χ2v) is 5.50. The summed E-state index contributed by atoms with van der Waals surface area (Å²) in [5, 5.41) is 3.51. The van der Waals surface area contributed by atoms with Crippen molar-refractivity contribution in [3.63, 3.8) is 0 Å². The summed E-state index contributed by atoms with van der Waals surface area (Å²) < 4.78 is 2.16. The average Bonchev–Trinajstić information content (AvgIpc) is 3.16. The molecule has 3 nitrogen and oxygen atoms in total. The zero-order valence-corrected chi connectivity index (χ0v) is 12.0. The van der Waals surface area contributed by atoms with Gasteiger partial charge in [-0.25, -0.2) is 4.98 Å². The summed E-state index contributed by atoms with van der Waals surface area (Å²) in [5.41, 5.74) is 7.41. The highest BCUT2D eigenvalue weighted by atomic mass is 15.1. The van der Waals surface area contributed by atoms with Crippen molar-refractivity contribution >= 4 is 5.69 Å². The fourth-order valence-corrected chi connectivity index (χ4v) is 3.03. The van der Waals surface area contributed by atoms with E-state index in [9.17, 15) is 0 Å². The van der Waals surface area contributed by atoms with Crippen molar-refractivity contribution in [2.24, 2.45) is 0 Å². The maximum atomic E-state index is 4.37. The molecule has 3 heteroatoms. The third kappa shape index (κ3) is 2.02. The molecule has 4 rings (SSSR count). The van der Waals surface area contributed by atoms with E-state index >= 15 is 0 Å². The second kappa shape index (κ2) is 4.77. The van der Waals surface area contributed by atoms with E-state index in [1.165, 1.54) is 22.4 Å². The van der Waals surface area contributed by atoms with Crippen molar-refractivity contribution in [1.82, 2.24) is 9.55 Å². The Balaban J connectivity index is 1.89. The number of hydrogen-bond donors (Lipinski definition) is 1. The Morgan fingerprint density at radius 1 is 1.14 bits per heavy atom. The topological polar surface area (TPSA) is 29.9 Å². The minimum Gasteiger partial charge on any atom is -0.384 e. The molecule has 0 saturated carbocycles. The number of aryl methyl sites for hydroxylation is 1. The molecule has 0 radical (unpaired) electrons. The van der Waals surface area contributed by atoms with Gasteiger partial charge in [-0.2, -0.15) is 0 Å². The summed E-state index contributed by atoms with van der Waals surface area (Å²) in [4.78, 5) is 4.37. The molecular formula is C18H17N3. The van der Waals surface area contributed by atoms with Crippen molar-refractivity contribution in [2.75, 3.05) is 11.9 Å². The first-order chi connectivity index (χ1) is 10.3. The number of hydrogen-bond acceptors (Lipinski definition) is 2. The van der Waals surface area contributed by atoms with E-state index in [1.807, 2.05) is 12.5 Å². The molecule has 0 amide bonds. The van der Waals surface area contributed by atoms with Gasteiger partial charge in [0.15, 0.2) is 0 Å². The lowest BCUT2D eigenvalue weighted by atomic mass is 10.1. The summed E-state index contributed by atoms with van der Waals surface area (Å²) in [6, 6.07) is 15.0. The van der Waals surface area contributed by atoms with Gasteiger partial charge in [-0.3, -0.25) is 4.57 Å². The first-order valence-electron chi connectivity index (χ1n) is 7.28. The van der Waals surface area contributed by atoms with Gasteiger partial charge in [-0.1, -0.05) is 30.3 Å². The number of imidazole rings is 1. The van der Waals surface area contributed by atoms with Crippen LogP contribution in [0.4, 0.5) is 5.69 Å². The molecule has 0 saturated heterocycles. The molecule has 0 unspecified atom stereocenters. The number of aromatic nitrogens is 2. The summed E-state index contributed by atoms with van der Waals surface area (Å²) in [5.74, 6) is 0. The Morgan fingerprint density at radius 2 is 2.05 bits per heavy atom. The summed E-state index contributed by atoms with van der Waals surface area (Å²) in [7, 11) is 0. The molecule has 0 aliphatic carbocycles. The van der Waals surface area contributed by atoms with Crippen LogP contribution in [0.15, 0.2) is 55.0 Å². The van der Waals surface area contributed by atoms with Crippen LogP contribution in [-0.2, 0) is 6.42 Å².